The van der Waals surface area contributed by atoms with Gasteiger partial charge in [-0.1, -0.05) is 32.4 Å². The van der Waals surface area contributed by atoms with Crippen molar-refractivity contribution >= 4 is 0 Å². The van der Waals surface area contributed by atoms with Crippen LogP contribution in [0, 0.1) is 11.3 Å². The van der Waals surface area contributed by atoms with Crippen LogP contribution in [0.2, 0.25) is 0 Å². The molecule has 20 heavy (non-hydrogen) atoms. The van der Waals surface area contributed by atoms with Crippen LogP contribution < -0.4 is 4.74 Å². The molecule has 1 aromatic carbocycles. The highest BCUT2D eigenvalue weighted by atomic mass is 16.5. The Morgan fingerprint density at radius 1 is 1.35 bits per heavy atom. The van der Waals surface area contributed by atoms with Gasteiger partial charge in [-0.2, -0.15) is 5.26 Å². The van der Waals surface area contributed by atoms with Gasteiger partial charge in [-0.05, 0) is 31.6 Å². The maximum absolute atomic E-state index is 10.0. The second-order valence-electron chi connectivity index (χ2n) is 4.82. The topological polar surface area (TPSA) is 56.5 Å². The van der Waals surface area contributed by atoms with Crippen molar-refractivity contribution in [1.29, 1.82) is 5.26 Å². The lowest BCUT2D eigenvalue weighted by Gasteiger charge is -2.23. The fourth-order valence-corrected chi connectivity index (χ4v) is 1.98. The molecule has 0 saturated heterocycles. The van der Waals surface area contributed by atoms with Crippen LogP contribution in [-0.4, -0.2) is 42.4 Å². The van der Waals surface area contributed by atoms with Crippen LogP contribution in [0.1, 0.15) is 32.3 Å². The van der Waals surface area contributed by atoms with Gasteiger partial charge in [-0.3, -0.25) is 0 Å². The summed E-state index contributed by atoms with van der Waals surface area (Å²) >= 11 is 0. The highest BCUT2D eigenvalue weighted by Crippen LogP contribution is 2.16. The first-order valence-electron chi connectivity index (χ1n) is 7.23. The second kappa shape index (κ2) is 9.35. The number of likely N-dealkylation sites (N-methyl/N-ethyl adjacent to an activating group) is 1. The summed E-state index contributed by atoms with van der Waals surface area (Å²) in [6, 6.07) is 9.16. The number of para-hydroxylation sites is 1. The van der Waals surface area contributed by atoms with Gasteiger partial charge in [-0.15, -0.1) is 0 Å². The molecule has 1 unspecified atom stereocenters. The zero-order chi connectivity index (χ0) is 14.8. The van der Waals surface area contributed by atoms with Crippen LogP contribution in [0.15, 0.2) is 24.3 Å². The van der Waals surface area contributed by atoms with Crippen molar-refractivity contribution in [2.45, 2.75) is 32.8 Å². The van der Waals surface area contributed by atoms with Crippen LogP contribution in [0.5, 0.6) is 5.75 Å². The van der Waals surface area contributed by atoms with E-state index in [0.29, 0.717) is 17.9 Å². The Bertz CT molecular complexity index is 429. The van der Waals surface area contributed by atoms with Crippen molar-refractivity contribution < 1.29 is 9.84 Å². The van der Waals surface area contributed by atoms with Crippen molar-refractivity contribution in [3.63, 3.8) is 0 Å². The zero-order valence-electron chi connectivity index (χ0n) is 12.4. The third-order valence-corrected chi connectivity index (χ3v) is 3.18. The van der Waals surface area contributed by atoms with Crippen molar-refractivity contribution in [2.24, 2.45) is 0 Å². The standard InChI is InChI=1S/C16H24N2O2/c1-3-5-10-18(4-2)12-15(19)13-20-16-9-7-6-8-14(16)11-17/h6-9,15,19H,3-5,10,12-13H2,1-2H3. The average Bonchev–Trinajstić information content (AvgIpc) is 2.49. The quantitative estimate of drug-likeness (QED) is 0.752. The minimum Gasteiger partial charge on any atom is -0.489 e. The molecule has 0 aliphatic heterocycles. The van der Waals surface area contributed by atoms with E-state index in [1.54, 1.807) is 18.2 Å². The van der Waals surface area contributed by atoms with E-state index < -0.39 is 6.10 Å². The monoisotopic (exact) mass is 276 g/mol. The Hall–Kier alpha value is -1.57. The first-order valence-corrected chi connectivity index (χ1v) is 7.23. The fourth-order valence-electron chi connectivity index (χ4n) is 1.98. The van der Waals surface area contributed by atoms with Gasteiger partial charge in [0.1, 0.15) is 24.5 Å². The number of unbranched alkanes of at least 4 members (excludes halogenated alkanes) is 1. The first kappa shape index (κ1) is 16.5. The number of aliphatic hydroxyl groups excluding tert-OH is 1. The molecule has 0 radical (unpaired) electrons. The number of hydrogen-bond donors (Lipinski definition) is 1. The molecule has 110 valence electrons. The van der Waals surface area contributed by atoms with Crippen LogP contribution in [0.3, 0.4) is 0 Å². The summed E-state index contributed by atoms with van der Waals surface area (Å²) < 4.78 is 5.54. The minimum absolute atomic E-state index is 0.210. The second-order valence-corrected chi connectivity index (χ2v) is 4.82. The lowest BCUT2D eigenvalue weighted by atomic mass is 10.2. The Morgan fingerprint density at radius 3 is 2.75 bits per heavy atom. The summed E-state index contributed by atoms with van der Waals surface area (Å²) in [5, 5.41) is 19.0. The summed E-state index contributed by atoms with van der Waals surface area (Å²) in [5.74, 6) is 0.533. The SMILES string of the molecule is CCCCN(CC)CC(O)COc1ccccc1C#N. The smallest absolute Gasteiger partial charge is 0.137 e. The molecule has 0 saturated carbocycles. The third-order valence-electron chi connectivity index (χ3n) is 3.18. The Morgan fingerprint density at radius 2 is 2.10 bits per heavy atom. The molecule has 1 atom stereocenters. The molecule has 0 bridgehead atoms. The van der Waals surface area contributed by atoms with E-state index in [0.717, 1.165) is 25.9 Å². The van der Waals surface area contributed by atoms with Gasteiger partial charge in [0.05, 0.1) is 5.56 Å². The molecule has 1 N–H and O–H groups in total. The molecular weight excluding hydrogens is 252 g/mol. The van der Waals surface area contributed by atoms with E-state index in [1.165, 1.54) is 0 Å². The summed E-state index contributed by atoms with van der Waals surface area (Å²) in [6.45, 7) is 6.98. The number of ether oxygens (including phenoxy) is 1. The largest absolute Gasteiger partial charge is 0.489 e. The van der Waals surface area contributed by atoms with E-state index >= 15 is 0 Å². The van der Waals surface area contributed by atoms with Gasteiger partial charge < -0.3 is 14.7 Å². The molecule has 0 aromatic heterocycles. The predicted octanol–water partition coefficient (Wildman–Crippen LogP) is 2.42. The Labute approximate surface area is 121 Å². The lowest BCUT2D eigenvalue weighted by molar-refractivity contribution is 0.0693. The molecule has 4 nitrogen and oxygen atoms in total. The minimum atomic E-state index is -0.543. The van der Waals surface area contributed by atoms with Crippen molar-refractivity contribution in [1.82, 2.24) is 4.90 Å². The highest BCUT2D eigenvalue weighted by Gasteiger charge is 2.11. The molecule has 4 heteroatoms. The maximum atomic E-state index is 10.0. The van der Waals surface area contributed by atoms with Crippen LogP contribution in [0.4, 0.5) is 0 Å². The van der Waals surface area contributed by atoms with Gasteiger partial charge in [0, 0.05) is 6.54 Å². The van der Waals surface area contributed by atoms with Crippen LogP contribution in [0.25, 0.3) is 0 Å². The summed E-state index contributed by atoms with van der Waals surface area (Å²) in [5.41, 5.74) is 0.498. The first-order chi connectivity index (χ1) is 9.71. The summed E-state index contributed by atoms with van der Waals surface area (Å²) in [6.07, 6.45) is 1.75. The number of rotatable bonds is 9. The number of aliphatic hydroxyl groups is 1. The van der Waals surface area contributed by atoms with Crippen molar-refractivity contribution in [3.05, 3.63) is 29.8 Å². The fraction of sp³-hybridized carbons (Fsp3) is 0.562. The van der Waals surface area contributed by atoms with Crippen molar-refractivity contribution in [3.8, 4) is 11.8 Å². The molecule has 0 heterocycles. The Balaban J connectivity index is 2.42. The Kier molecular flexibility index (Phi) is 7.71. The molecule has 0 fully saturated rings. The van der Waals surface area contributed by atoms with Gasteiger partial charge >= 0.3 is 0 Å². The average molecular weight is 276 g/mol. The number of nitrogens with zero attached hydrogens (tertiary/aromatic N) is 2. The number of nitriles is 1. The molecule has 0 spiro atoms. The molecule has 0 aliphatic carbocycles. The van der Waals surface area contributed by atoms with Gasteiger partial charge in [-0.25, -0.2) is 0 Å². The summed E-state index contributed by atoms with van der Waals surface area (Å²) in [7, 11) is 0. The number of hydrogen-bond acceptors (Lipinski definition) is 4. The maximum Gasteiger partial charge on any atom is 0.137 e. The van der Waals surface area contributed by atoms with Crippen LogP contribution >= 0.6 is 0 Å². The van der Waals surface area contributed by atoms with Crippen LogP contribution in [-0.2, 0) is 0 Å². The number of benzene rings is 1. The third kappa shape index (κ3) is 5.60. The predicted molar refractivity (Wildman–Crippen MR) is 79.7 cm³/mol. The van der Waals surface area contributed by atoms with Gasteiger partial charge in [0.15, 0.2) is 0 Å². The van der Waals surface area contributed by atoms with Crippen molar-refractivity contribution in [2.75, 3.05) is 26.2 Å². The highest BCUT2D eigenvalue weighted by molar-refractivity contribution is 5.42. The van der Waals surface area contributed by atoms with E-state index in [4.69, 9.17) is 10.00 Å². The van der Waals surface area contributed by atoms with E-state index in [1.807, 2.05) is 6.07 Å². The zero-order valence-corrected chi connectivity index (χ0v) is 12.4. The van der Waals surface area contributed by atoms with Gasteiger partial charge in [0.2, 0.25) is 0 Å². The molecule has 1 aromatic rings. The normalized spacial score (nSPS) is 12.2. The molecule has 1 rings (SSSR count). The molecule has 0 aliphatic rings. The lowest BCUT2D eigenvalue weighted by Crippen LogP contribution is -2.36. The molecular formula is C16H24N2O2. The molecule has 0 amide bonds. The van der Waals surface area contributed by atoms with Gasteiger partial charge in [0.25, 0.3) is 0 Å². The van der Waals surface area contributed by atoms with E-state index in [-0.39, 0.29) is 6.61 Å². The summed E-state index contributed by atoms with van der Waals surface area (Å²) in [4.78, 5) is 2.22. The van der Waals surface area contributed by atoms with E-state index in [9.17, 15) is 5.11 Å². The van der Waals surface area contributed by atoms with E-state index in [2.05, 4.69) is 24.8 Å².